The zero-order chi connectivity index (χ0) is 10.8. The van der Waals surface area contributed by atoms with Gasteiger partial charge in [-0.15, -0.1) is 0 Å². The minimum Gasteiger partial charge on any atom is -0.464 e. The summed E-state index contributed by atoms with van der Waals surface area (Å²) in [4.78, 5) is 11.7. The van der Waals surface area contributed by atoms with Crippen molar-refractivity contribution in [2.24, 2.45) is 0 Å². The third kappa shape index (κ3) is 1.54. The Morgan fingerprint density at radius 1 is 1.36 bits per heavy atom. The molecule has 1 heterocycles. The average molecular weight is 200 g/mol. The van der Waals surface area contributed by atoms with Crippen LogP contribution in [-0.2, 0) is 14.3 Å². The maximum Gasteiger partial charge on any atom is 0.341 e. The highest BCUT2D eigenvalue weighted by molar-refractivity contribution is 5.84. The van der Waals surface area contributed by atoms with Crippen LogP contribution in [0.4, 0.5) is 0 Å². The van der Waals surface area contributed by atoms with Crippen molar-refractivity contribution in [3.05, 3.63) is 0 Å². The molecule has 82 valence electrons. The molecule has 1 aliphatic rings. The monoisotopic (exact) mass is 200 g/mol. The number of ether oxygens (including phenoxy) is 2. The van der Waals surface area contributed by atoms with E-state index in [-0.39, 0.29) is 11.6 Å². The third-order valence-electron chi connectivity index (χ3n) is 3.09. The molecule has 1 saturated heterocycles. The fraction of sp³-hybridized carbons (Fsp3) is 0.909. The van der Waals surface area contributed by atoms with Crippen LogP contribution in [0.3, 0.4) is 0 Å². The second-order valence-corrected chi connectivity index (χ2v) is 3.98. The summed E-state index contributed by atoms with van der Waals surface area (Å²) in [5.74, 6) is -0.189. The molecule has 0 aliphatic carbocycles. The molecule has 3 nitrogen and oxygen atoms in total. The van der Waals surface area contributed by atoms with Gasteiger partial charge >= 0.3 is 5.97 Å². The van der Waals surface area contributed by atoms with Crippen LogP contribution in [0.1, 0.15) is 47.0 Å². The number of carbonyl (C=O) groups excluding carboxylic acids is 1. The van der Waals surface area contributed by atoms with Gasteiger partial charge in [-0.05, 0) is 26.7 Å². The van der Waals surface area contributed by atoms with E-state index in [1.807, 2.05) is 20.8 Å². The fourth-order valence-corrected chi connectivity index (χ4v) is 1.99. The van der Waals surface area contributed by atoms with Gasteiger partial charge in [-0.25, -0.2) is 4.79 Å². The summed E-state index contributed by atoms with van der Waals surface area (Å²) in [5, 5.41) is 0. The topological polar surface area (TPSA) is 38.8 Å². The predicted octanol–water partition coefficient (Wildman–Crippen LogP) is 2.29. The quantitative estimate of drug-likeness (QED) is 0.505. The highest BCUT2D eigenvalue weighted by Crippen LogP contribution is 2.53. The third-order valence-corrected chi connectivity index (χ3v) is 3.09. The predicted molar refractivity (Wildman–Crippen MR) is 54.1 cm³/mol. The van der Waals surface area contributed by atoms with Crippen LogP contribution in [-0.4, -0.2) is 23.8 Å². The normalized spacial score (nSPS) is 35.4. The van der Waals surface area contributed by atoms with E-state index in [9.17, 15) is 4.79 Å². The number of carbonyl (C=O) groups is 1. The molecule has 0 radical (unpaired) electrons. The van der Waals surface area contributed by atoms with Gasteiger partial charge in [-0.2, -0.15) is 0 Å². The molecule has 1 fully saturated rings. The van der Waals surface area contributed by atoms with Crippen molar-refractivity contribution >= 4 is 5.97 Å². The van der Waals surface area contributed by atoms with Crippen molar-refractivity contribution in [2.45, 2.75) is 58.2 Å². The molecule has 0 aromatic rings. The largest absolute Gasteiger partial charge is 0.464 e. The summed E-state index contributed by atoms with van der Waals surface area (Å²) in [7, 11) is 0. The van der Waals surface area contributed by atoms with E-state index in [0.29, 0.717) is 6.61 Å². The summed E-state index contributed by atoms with van der Waals surface area (Å²) in [6, 6.07) is 0. The molecular formula is C11H20O3. The molecule has 0 spiro atoms. The van der Waals surface area contributed by atoms with Gasteiger partial charge in [0.25, 0.3) is 0 Å². The van der Waals surface area contributed by atoms with Gasteiger partial charge in [0.05, 0.1) is 6.61 Å². The van der Waals surface area contributed by atoms with E-state index in [1.54, 1.807) is 0 Å². The standard InChI is InChI=1S/C11H20O3/c1-5-8-11(9(12)13-7-3)10(4,6-2)14-11/h5-8H2,1-4H3. The smallest absolute Gasteiger partial charge is 0.341 e. The molecule has 1 rings (SSSR count). The summed E-state index contributed by atoms with van der Waals surface area (Å²) in [5.41, 5.74) is -0.943. The summed E-state index contributed by atoms with van der Waals surface area (Å²) in [6.45, 7) is 8.33. The Labute approximate surface area is 85.8 Å². The Morgan fingerprint density at radius 2 is 2.00 bits per heavy atom. The maximum absolute atomic E-state index is 11.7. The van der Waals surface area contributed by atoms with Gasteiger partial charge in [0.2, 0.25) is 0 Å². The molecule has 0 amide bonds. The minimum absolute atomic E-state index is 0.189. The molecule has 0 N–H and O–H groups in total. The molecule has 1 aliphatic heterocycles. The van der Waals surface area contributed by atoms with Crippen molar-refractivity contribution in [2.75, 3.05) is 6.61 Å². The highest BCUT2D eigenvalue weighted by Gasteiger charge is 2.71. The van der Waals surface area contributed by atoms with Crippen molar-refractivity contribution in [3.8, 4) is 0 Å². The Balaban J connectivity index is 2.72. The molecule has 0 aromatic heterocycles. The Bertz CT molecular complexity index is 223. The van der Waals surface area contributed by atoms with Gasteiger partial charge in [0, 0.05) is 0 Å². The second-order valence-electron chi connectivity index (χ2n) is 3.98. The van der Waals surface area contributed by atoms with E-state index >= 15 is 0 Å². The lowest BCUT2D eigenvalue weighted by molar-refractivity contribution is -0.149. The summed E-state index contributed by atoms with van der Waals surface area (Å²) >= 11 is 0. The Kier molecular flexibility index (Phi) is 3.20. The molecule has 0 aromatic carbocycles. The molecule has 2 unspecified atom stereocenters. The number of hydrogen-bond acceptors (Lipinski definition) is 3. The molecule has 3 heteroatoms. The Hall–Kier alpha value is -0.570. The number of epoxide rings is 1. The van der Waals surface area contributed by atoms with Crippen LogP contribution in [0.2, 0.25) is 0 Å². The van der Waals surface area contributed by atoms with Gasteiger partial charge < -0.3 is 9.47 Å². The molecule has 0 saturated carbocycles. The first-order valence-electron chi connectivity index (χ1n) is 5.43. The number of hydrogen-bond donors (Lipinski definition) is 0. The van der Waals surface area contributed by atoms with Crippen molar-refractivity contribution in [1.82, 2.24) is 0 Å². The van der Waals surface area contributed by atoms with Crippen LogP contribution >= 0.6 is 0 Å². The van der Waals surface area contributed by atoms with E-state index in [2.05, 4.69) is 6.92 Å². The summed E-state index contributed by atoms with van der Waals surface area (Å²) in [6.07, 6.45) is 2.55. The first-order chi connectivity index (χ1) is 6.56. The van der Waals surface area contributed by atoms with Gasteiger partial charge in [-0.3, -0.25) is 0 Å². The van der Waals surface area contributed by atoms with Crippen LogP contribution in [0.5, 0.6) is 0 Å². The van der Waals surface area contributed by atoms with E-state index in [4.69, 9.17) is 9.47 Å². The van der Waals surface area contributed by atoms with Crippen LogP contribution in [0.25, 0.3) is 0 Å². The lowest BCUT2D eigenvalue weighted by atomic mass is 9.88. The molecule has 14 heavy (non-hydrogen) atoms. The van der Waals surface area contributed by atoms with E-state index in [0.717, 1.165) is 19.3 Å². The lowest BCUT2D eigenvalue weighted by Crippen LogP contribution is -2.34. The van der Waals surface area contributed by atoms with E-state index < -0.39 is 5.60 Å². The van der Waals surface area contributed by atoms with Gasteiger partial charge in [0.15, 0.2) is 5.60 Å². The average Bonchev–Trinajstić information content (AvgIpc) is 2.75. The van der Waals surface area contributed by atoms with Crippen LogP contribution < -0.4 is 0 Å². The first kappa shape index (κ1) is 11.5. The Morgan fingerprint density at radius 3 is 2.36 bits per heavy atom. The zero-order valence-corrected chi connectivity index (χ0v) is 9.55. The van der Waals surface area contributed by atoms with Crippen LogP contribution in [0.15, 0.2) is 0 Å². The minimum atomic E-state index is -0.646. The lowest BCUT2D eigenvalue weighted by Gasteiger charge is -2.13. The number of rotatable bonds is 5. The van der Waals surface area contributed by atoms with Crippen molar-refractivity contribution < 1.29 is 14.3 Å². The molecule has 2 atom stereocenters. The maximum atomic E-state index is 11.7. The first-order valence-corrected chi connectivity index (χ1v) is 5.43. The van der Waals surface area contributed by atoms with Crippen LogP contribution in [0, 0.1) is 0 Å². The van der Waals surface area contributed by atoms with E-state index in [1.165, 1.54) is 0 Å². The SMILES string of the molecule is CCCC1(C(=O)OCC)OC1(C)CC. The second kappa shape index (κ2) is 3.89. The van der Waals surface area contributed by atoms with Crippen molar-refractivity contribution in [1.29, 1.82) is 0 Å². The van der Waals surface area contributed by atoms with Crippen molar-refractivity contribution in [3.63, 3.8) is 0 Å². The van der Waals surface area contributed by atoms with Gasteiger partial charge in [0.1, 0.15) is 5.60 Å². The molecular weight excluding hydrogens is 180 g/mol. The van der Waals surface area contributed by atoms with Gasteiger partial charge in [-0.1, -0.05) is 20.3 Å². The fourth-order valence-electron chi connectivity index (χ4n) is 1.99. The highest BCUT2D eigenvalue weighted by atomic mass is 16.7. The number of esters is 1. The molecule has 0 bridgehead atoms. The summed E-state index contributed by atoms with van der Waals surface area (Å²) < 4.78 is 10.7. The zero-order valence-electron chi connectivity index (χ0n) is 9.55.